The van der Waals surface area contributed by atoms with Gasteiger partial charge < -0.3 is 15.7 Å². The van der Waals surface area contributed by atoms with Crippen molar-refractivity contribution in [2.24, 2.45) is 0 Å². The summed E-state index contributed by atoms with van der Waals surface area (Å²) in [4.78, 5) is 10.1. The standard InChI is InChI=1S/C5H10N2O2/c1-5(2-6-3-5)7-4(8)9/h6-7H,2-3H2,1H3,(H,8,9). The molecule has 1 saturated heterocycles. The van der Waals surface area contributed by atoms with Crippen molar-refractivity contribution in [3.63, 3.8) is 0 Å². The first-order chi connectivity index (χ1) is 4.12. The van der Waals surface area contributed by atoms with Gasteiger partial charge in [0.05, 0.1) is 5.54 Å². The second kappa shape index (κ2) is 1.88. The van der Waals surface area contributed by atoms with Crippen LogP contribution in [-0.4, -0.2) is 29.8 Å². The molecule has 9 heavy (non-hydrogen) atoms. The summed E-state index contributed by atoms with van der Waals surface area (Å²) < 4.78 is 0. The van der Waals surface area contributed by atoms with Gasteiger partial charge in [0, 0.05) is 13.1 Å². The molecule has 0 aliphatic carbocycles. The van der Waals surface area contributed by atoms with Crippen LogP contribution in [0.3, 0.4) is 0 Å². The summed E-state index contributed by atoms with van der Waals surface area (Å²) in [6.45, 7) is 3.34. The summed E-state index contributed by atoms with van der Waals surface area (Å²) in [5.41, 5.74) is -0.216. The number of nitrogens with one attached hydrogen (secondary N) is 2. The van der Waals surface area contributed by atoms with E-state index in [2.05, 4.69) is 10.6 Å². The van der Waals surface area contributed by atoms with E-state index in [0.29, 0.717) is 0 Å². The summed E-state index contributed by atoms with van der Waals surface area (Å²) in [6, 6.07) is 0. The monoisotopic (exact) mass is 130 g/mol. The van der Waals surface area contributed by atoms with Crippen molar-refractivity contribution < 1.29 is 9.90 Å². The van der Waals surface area contributed by atoms with Crippen LogP contribution in [0.4, 0.5) is 4.79 Å². The molecule has 0 aromatic heterocycles. The lowest BCUT2D eigenvalue weighted by Gasteiger charge is -2.38. The highest BCUT2D eigenvalue weighted by molar-refractivity contribution is 5.65. The number of carboxylic acid groups (broad SMARTS) is 1. The zero-order valence-electron chi connectivity index (χ0n) is 5.27. The fourth-order valence-electron chi connectivity index (χ4n) is 0.847. The van der Waals surface area contributed by atoms with Gasteiger partial charge in [0.15, 0.2) is 0 Å². The molecule has 1 rings (SSSR count). The largest absolute Gasteiger partial charge is 0.465 e. The summed E-state index contributed by atoms with van der Waals surface area (Å²) in [7, 11) is 0. The Morgan fingerprint density at radius 1 is 1.78 bits per heavy atom. The van der Waals surface area contributed by atoms with Gasteiger partial charge in [-0.3, -0.25) is 0 Å². The van der Waals surface area contributed by atoms with Crippen molar-refractivity contribution in [3.8, 4) is 0 Å². The van der Waals surface area contributed by atoms with Crippen molar-refractivity contribution in [1.29, 1.82) is 0 Å². The zero-order valence-corrected chi connectivity index (χ0v) is 5.27. The molecule has 0 aromatic rings. The van der Waals surface area contributed by atoms with Crippen LogP contribution in [0.15, 0.2) is 0 Å². The molecule has 52 valence electrons. The highest BCUT2D eigenvalue weighted by Crippen LogP contribution is 2.07. The van der Waals surface area contributed by atoms with Crippen molar-refractivity contribution >= 4 is 6.09 Å². The molecule has 0 aromatic carbocycles. The van der Waals surface area contributed by atoms with E-state index < -0.39 is 6.09 Å². The third-order valence-corrected chi connectivity index (χ3v) is 1.44. The van der Waals surface area contributed by atoms with Gasteiger partial charge in [0.2, 0.25) is 0 Å². The van der Waals surface area contributed by atoms with Gasteiger partial charge >= 0.3 is 6.09 Å². The molecule has 0 unspecified atom stereocenters. The molecule has 1 amide bonds. The Morgan fingerprint density at radius 3 is 2.44 bits per heavy atom. The lowest BCUT2D eigenvalue weighted by molar-refractivity contribution is 0.164. The molecule has 0 radical (unpaired) electrons. The molecule has 0 bridgehead atoms. The first kappa shape index (κ1) is 6.35. The van der Waals surface area contributed by atoms with E-state index >= 15 is 0 Å². The third-order valence-electron chi connectivity index (χ3n) is 1.44. The lowest BCUT2D eigenvalue weighted by Crippen LogP contribution is -2.66. The smallest absolute Gasteiger partial charge is 0.405 e. The van der Waals surface area contributed by atoms with Crippen LogP contribution in [0, 0.1) is 0 Å². The van der Waals surface area contributed by atoms with E-state index in [-0.39, 0.29) is 5.54 Å². The van der Waals surface area contributed by atoms with Crippen LogP contribution < -0.4 is 10.6 Å². The minimum Gasteiger partial charge on any atom is -0.465 e. The third kappa shape index (κ3) is 1.32. The van der Waals surface area contributed by atoms with E-state index in [1.54, 1.807) is 0 Å². The van der Waals surface area contributed by atoms with Crippen LogP contribution in [0.25, 0.3) is 0 Å². The Labute approximate surface area is 53.2 Å². The number of carbonyl (C=O) groups is 1. The molecule has 1 heterocycles. The predicted octanol–water partition coefficient (Wildman–Crippen LogP) is -0.384. The SMILES string of the molecule is CC1(NC(=O)O)CNC1. The average Bonchev–Trinajstić information content (AvgIpc) is 1.60. The van der Waals surface area contributed by atoms with E-state index in [1.165, 1.54) is 0 Å². The average molecular weight is 130 g/mol. The topological polar surface area (TPSA) is 61.4 Å². The summed E-state index contributed by atoms with van der Waals surface area (Å²) >= 11 is 0. The zero-order chi connectivity index (χ0) is 6.91. The molecule has 1 aliphatic heterocycles. The molecule has 4 nitrogen and oxygen atoms in total. The number of amides is 1. The molecule has 1 aliphatic rings. The Morgan fingerprint density at radius 2 is 2.33 bits per heavy atom. The minimum atomic E-state index is -0.945. The lowest BCUT2D eigenvalue weighted by atomic mass is 9.96. The maximum atomic E-state index is 10.1. The van der Waals surface area contributed by atoms with Crippen molar-refractivity contribution in [1.82, 2.24) is 10.6 Å². The number of hydrogen-bond acceptors (Lipinski definition) is 2. The summed E-state index contributed by atoms with van der Waals surface area (Å²) in [6.07, 6.45) is -0.945. The molecule has 0 spiro atoms. The van der Waals surface area contributed by atoms with Crippen LogP contribution in [0.1, 0.15) is 6.92 Å². The van der Waals surface area contributed by atoms with Gasteiger partial charge in [-0.25, -0.2) is 4.79 Å². The fourth-order valence-corrected chi connectivity index (χ4v) is 0.847. The molecule has 0 saturated carbocycles. The molecular formula is C5H10N2O2. The van der Waals surface area contributed by atoms with Gasteiger partial charge in [-0.1, -0.05) is 0 Å². The van der Waals surface area contributed by atoms with E-state index in [0.717, 1.165) is 13.1 Å². The fraction of sp³-hybridized carbons (Fsp3) is 0.800. The molecule has 0 atom stereocenters. The second-order valence-corrected chi connectivity index (χ2v) is 2.59. The van der Waals surface area contributed by atoms with Crippen molar-refractivity contribution in [3.05, 3.63) is 0 Å². The van der Waals surface area contributed by atoms with Gasteiger partial charge in [-0.15, -0.1) is 0 Å². The second-order valence-electron chi connectivity index (χ2n) is 2.59. The highest BCUT2D eigenvalue weighted by Gasteiger charge is 2.32. The molecule has 3 N–H and O–H groups in total. The Bertz CT molecular complexity index is 131. The van der Waals surface area contributed by atoms with Crippen LogP contribution in [-0.2, 0) is 0 Å². The van der Waals surface area contributed by atoms with Crippen LogP contribution >= 0.6 is 0 Å². The maximum Gasteiger partial charge on any atom is 0.405 e. The maximum absolute atomic E-state index is 10.1. The van der Waals surface area contributed by atoms with Gasteiger partial charge in [-0.05, 0) is 6.92 Å². The van der Waals surface area contributed by atoms with Crippen LogP contribution in [0.2, 0.25) is 0 Å². The van der Waals surface area contributed by atoms with Crippen molar-refractivity contribution in [2.45, 2.75) is 12.5 Å². The summed E-state index contributed by atoms with van der Waals surface area (Å²) in [5, 5.41) is 13.7. The van der Waals surface area contributed by atoms with Crippen LogP contribution in [0.5, 0.6) is 0 Å². The molecular weight excluding hydrogens is 120 g/mol. The van der Waals surface area contributed by atoms with E-state index in [9.17, 15) is 4.79 Å². The van der Waals surface area contributed by atoms with Gasteiger partial charge in [-0.2, -0.15) is 0 Å². The Balaban J connectivity index is 2.33. The minimum absolute atomic E-state index is 0.216. The number of rotatable bonds is 1. The molecule has 4 heteroatoms. The highest BCUT2D eigenvalue weighted by atomic mass is 16.4. The molecule has 1 fully saturated rings. The first-order valence-electron chi connectivity index (χ1n) is 2.84. The van der Waals surface area contributed by atoms with E-state index in [1.807, 2.05) is 6.92 Å². The summed E-state index contributed by atoms with van der Waals surface area (Å²) in [5.74, 6) is 0. The first-order valence-corrected chi connectivity index (χ1v) is 2.84. The Hall–Kier alpha value is -0.770. The van der Waals surface area contributed by atoms with Gasteiger partial charge in [0.1, 0.15) is 0 Å². The quantitative estimate of drug-likeness (QED) is 0.453. The Kier molecular flexibility index (Phi) is 1.32. The number of hydrogen-bond donors (Lipinski definition) is 3. The normalized spacial score (nSPS) is 22.3. The predicted molar refractivity (Wildman–Crippen MR) is 32.4 cm³/mol. The van der Waals surface area contributed by atoms with Gasteiger partial charge in [0.25, 0.3) is 0 Å². The van der Waals surface area contributed by atoms with E-state index in [4.69, 9.17) is 5.11 Å². The van der Waals surface area contributed by atoms with Crippen molar-refractivity contribution in [2.75, 3.05) is 13.1 Å².